The molecule has 0 aliphatic rings. The second-order valence-corrected chi connectivity index (χ2v) is 5.91. The number of rotatable bonds is 7. The highest BCUT2D eigenvalue weighted by Crippen LogP contribution is 2.21. The molecule has 9 heteroatoms. The summed E-state index contributed by atoms with van der Waals surface area (Å²) in [6.45, 7) is 3.56. The maximum absolute atomic E-state index is 11.8. The first-order valence-corrected chi connectivity index (χ1v) is 7.99. The fourth-order valence-corrected chi connectivity index (χ4v) is 2.97. The Bertz CT molecular complexity index is 696. The Balaban J connectivity index is 1.85. The first kappa shape index (κ1) is 17.1. The van der Waals surface area contributed by atoms with Crippen molar-refractivity contribution in [1.82, 2.24) is 15.1 Å². The Morgan fingerprint density at radius 3 is 2.87 bits per heavy atom. The van der Waals surface area contributed by atoms with Crippen LogP contribution in [0.4, 0.5) is 5.69 Å². The van der Waals surface area contributed by atoms with Crippen molar-refractivity contribution in [2.45, 2.75) is 32.9 Å². The molecule has 0 aromatic carbocycles. The number of nitrogens with one attached hydrogen (secondary N) is 1. The summed E-state index contributed by atoms with van der Waals surface area (Å²) in [5.74, 6) is -0.241. The van der Waals surface area contributed by atoms with Crippen LogP contribution in [0.1, 0.15) is 29.5 Å². The monoisotopic (exact) mass is 338 g/mol. The minimum atomic E-state index is -0.736. The number of nitro groups is 1. The van der Waals surface area contributed by atoms with Gasteiger partial charge in [0.15, 0.2) is 0 Å². The van der Waals surface area contributed by atoms with E-state index < -0.39 is 11.0 Å². The molecule has 0 radical (unpaired) electrons. The molecular formula is C14H18N4O4S. The number of hydrogen-bond donors (Lipinski definition) is 2. The molecule has 2 N–H and O–H groups in total. The Hall–Kier alpha value is -2.26. The highest BCUT2D eigenvalue weighted by atomic mass is 32.1. The summed E-state index contributed by atoms with van der Waals surface area (Å²) in [6.07, 6.45) is -0.602. The Labute approximate surface area is 136 Å². The first-order valence-electron chi connectivity index (χ1n) is 7.05. The average Bonchev–Trinajstić information content (AvgIpc) is 3.11. The van der Waals surface area contributed by atoms with E-state index in [1.54, 1.807) is 19.9 Å². The van der Waals surface area contributed by atoms with Crippen molar-refractivity contribution in [3.8, 4) is 0 Å². The molecular weight excluding hydrogens is 320 g/mol. The lowest BCUT2D eigenvalue weighted by Crippen LogP contribution is -2.29. The van der Waals surface area contributed by atoms with E-state index in [1.807, 2.05) is 10.8 Å². The predicted molar refractivity (Wildman–Crippen MR) is 85.3 cm³/mol. The Morgan fingerprint density at radius 2 is 2.30 bits per heavy atom. The number of nitrogens with zero attached hydrogens (tertiary/aromatic N) is 3. The van der Waals surface area contributed by atoms with Gasteiger partial charge < -0.3 is 10.4 Å². The maximum atomic E-state index is 11.8. The summed E-state index contributed by atoms with van der Waals surface area (Å²) in [7, 11) is 0. The SMILES string of the molecule is Cc1nn(CCC(=O)NCC(O)c2ccsc2)c(C)c1[N+](=O)[O-]. The van der Waals surface area contributed by atoms with Gasteiger partial charge in [-0.1, -0.05) is 0 Å². The third-order valence-corrected chi connectivity index (χ3v) is 4.20. The van der Waals surface area contributed by atoms with Crippen LogP contribution in [-0.2, 0) is 11.3 Å². The van der Waals surface area contributed by atoms with Gasteiger partial charge in [0.25, 0.3) is 0 Å². The lowest BCUT2D eigenvalue weighted by Gasteiger charge is -2.10. The van der Waals surface area contributed by atoms with Crippen LogP contribution >= 0.6 is 11.3 Å². The first-order chi connectivity index (χ1) is 10.9. The molecule has 0 saturated heterocycles. The number of aliphatic hydroxyl groups is 1. The van der Waals surface area contributed by atoms with Crippen molar-refractivity contribution in [2.24, 2.45) is 0 Å². The zero-order valence-electron chi connectivity index (χ0n) is 12.9. The minimum absolute atomic E-state index is 0.0155. The molecule has 0 fully saturated rings. The third-order valence-electron chi connectivity index (χ3n) is 3.50. The lowest BCUT2D eigenvalue weighted by atomic mass is 10.2. The van der Waals surface area contributed by atoms with Crippen LogP contribution in [0, 0.1) is 24.0 Å². The van der Waals surface area contributed by atoms with Gasteiger partial charge in [-0.2, -0.15) is 16.4 Å². The van der Waals surface area contributed by atoms with E-state index in [0.717, 1.165) is 5.56 Å². The molecule has 23 heavy (non-hydrogen) atoms. The van der Waals surface area contributed by atoms with Gasteiger partial charge in [0.05, 0.1) is 17.6 Å². The van der Waals surface area contributed by atoms with E-state index in [1.165, 1.54) is 16.0 Å². The van der Waals surface area contributed by atoms with Gasteiger partial charge in [-0.05, 0) is 36.2 Å². The summed E-state index contributed by atoms with van der Waals surface area (Å²) in [4.78, 5) is 22.3. The maximum Gasteiger partial charge on any atom is 0.312 e. The number of hydrogen-bond acceptors (Lipinski definition) is 6. The molecule has 1 unspecified atom stereocenters. The normalized spacial score (nSPS) is 12.1. The molecule has 1 amide bonds. The van der Waals surface area contributed by atoms with Crippen molar-refractivity contribution >= 4 is 22.9 Å². The summed E-state index contributed by atoms with van der Waals surface area (Å²) >= 11 is 1.48. The summed E-state index contributed by atoms with van der Waals surface area (Å²) in [5.41, 5.74) is 1.52. The molecule has 0 bridgehead atoms. The number of aromatic nitrogens is 2. The fraction of sp³-hybridized carbons (Fsp3) is 0.429. The molecule has 8 nitrogen and oxygen atoms in total. The number of carbonyl (C=O) groups is 1. The quantitative estimate of drug-likeness (QED) is 0.590. The number of aliphatic hydroxyl groups excluding tert-OH is 1. The van der Waals surface area contributed by atoms with Crippen LogP contribution in [0.5, 0.6) is 0 Å². The van der Waals surface area contributed by atoms with E-state index in [4.69, 9.17) is 0 Å². The van der Waals surface area contributed by atoms with Crippen LogP contribution in [-0.4, -0.2) is 32.3 Å². The standard InChI is InChI=1S/C14H18N4O4S/c1-9-14(18(21)22)10(2)17(16-9)5-3-13(20)15-7-12(19)11-4-6-23-8-11/h4,6,8,12,19H,3,5,7H2,1-2H3,(H,15,20). The molecule has 0 saturated carbocycles. The molecule has 0 aliphatic heterocycles. The van der Waals surface area contributed by atoms with Gasteiger partial charge in [0, 0.05) is 13.0 Å². The smallest absolute Gasteiger partial charge is 0.312 e. The van der Waals surface area contributed by atoms with Gasteiger partial charge in [-0.15, -0.1) is 0 Å². The third kappa shape index (κ3) is 4.14. The number of amides is 1. The second kappa shape index (κ2) is 7.34. The number of aryl methyl sites for hydroxylation is 2. The average molecular weight is 338 g/mol. The molecule has 0 aliphatic carbocycles. The van der Waals surface area contributed by atoms with Gasteiger partial charge in [0.2, 0.25) is 5.91 Å². The van der Waals surface area contributed by atoms with Crippen molar-refractivity contribution < 1.29 is 14.8 Å². The van der Waals surface area contributed by atoms with E-state index in [2.05, 4.69) is 10.4 Å². The lowest BCUT2D eigenvalue weighted by molar-refractivity contribution is -0.386. The molecule has 2 rings (SSSR count). The van der Waals surface area contributed by atoms with Gasteiger partial charge in [0.1, 0.15) is 11.4 Å². The van der Waals surface area contributed by atoms with Gasteiger partial charge >= 0.3 is 5.69 Å². The van der Waals surface area contributed by atoms with E-state index in [-0.39, 0.29) is 31.1 Å². The molecule has 1 atom stereocenters. The largest absolute Gasteiger partial charge is 0.387 e. The molecule has 2 heterocycles. The van der Waals surface area contributed by atoms with Crippen LogP contribution in [0.3, 0.4) is 0 Å². The summed E-state index contributed by atoms with van der Waals surface area (Å²) < 4.78 is 1.46. The highest BCUT2D eigenvalue weighted by molar-refractivity contribution is 7.07. The topological polar surface area (TPSA) is 110 Å². The van der Waals surface area contributed by atoms with Crippen LogP contribution in [0.15, 0.2) is 16.8 Å². The Kier molecular flexibility index (Phi) is 5.45. The molecule has 2 aromatic rings. The van der Waals surface area contributed by atoms with Crippen molar-refractivity contribution in [3.05, 3.63) is 43.9 Å². The van der Waals surface area contributed by atoms with Crippen molar-refractivity contribution in [3.63, 3.8) is 0 Å². The van der Waals surface area contributed by atoms with Crippen molar-refractivity contribution in [1.29, 1.82) is 0 Å². The minimum Gasteiger partial charge on any atom is -0.387 e. The summed E-state index contributed by atoms with van der Waals surface area (Å²) in [6, 6.07) is 1.80. The predicted octanol–water partition coefficient (Wildman–Crippen LogP) is 1.71. The molecule has 2 aromatic heterocycles. The van der Waals surface area contributed by atoms with E-state index >= 15 is 0 Å². The van der Waals surface area contributed by atoms with Crippen molar-refractivity contribution in [2.75, 3.05) is 6.54 Å². The summed E-state index contributed by atoms with van der Waals surface area (Å²) in [5, 5.41) is 31.2. The van der Waals surface area contributed by atoms with Gasteiger partial charge in [-0.3, -0.25) is 19.6 Å². The zero-order valence-corrected chi connectivity index (χ0v) is 13.7. The second-order valence-electron chi connectivity index (χ2n) is 5.13. The van der Waals surface area contributed by atoms with E-state index in [9.17, 15) is 20.0 Å². The van der Waals surface area contributed by atoms with Crippen LogP contribution in [0.25, 0.3) is 0 Å². The Morgan fingerprint density at radius 1 is 1.57 bits per heavy atom. The van der Waals surface area contributed by atoms with Gasteiger partial charge in [-0.25, -0.2) is 0 Å². The zero-order chi connectivity index (χ0) is 17.0. The number of carbonyl (C=O) groups excluding carboxylic acids is 1. The number of thiophene rings is 1. The molecule has 0 spiro atoms. The van der Waals surface area contributed by atoms with Crippen LogP contribution < -0.4 is 5.32 Å². The van der Waals surface area contributed by atoms with E-state index in [0.29, 0.717) is 11.4 Å². The highest BCUT2D eigenvalue weighted by Gasteiger charge is 2.21. The fourth-order valence-electron chi connectivity index (χ4n) is 2.26. The van der Waals surface area contributed by atoms with Crippen LogP contribution in [0.2, 0.25) is 0 Å². The molecule has 124 valence electrons.